The fourth-order valence-electron chi connectivity index (χ4n) is 2.89. The summed E-state index contributed by atoms with van der Waals surface area (Å²) in [5.74, 6) is -0.396. The van der Waals surface area contributed by atoms with Crippen LogP contribution in [0.1, 0.15) is 42.1 Å². The molecule has 0 atom stereocenters. The second kappa shape index (κ2) is 10.0. The first kappa shape index (κ1) is 21.5. The van der Waals surface area contributed by atoms with E-state index in [1.165, 1.54) is 30.8 Å². The zero-order chi connectivity index (χ0) is 21.5. The Hall–Kier alpha value is -3.20. The minimum Gasteiger partial charge on any atom is -0.322 e. The SMILES string of the molecule is CCCCCc1ccc(NC(=O)c2ccc(Sc3nncn3C)c([N+](=O)[O-])c2)cc1. The first-order valence-corrected chi connectivity index (χ1v) is 10.5. The van der Waals surface area contributed by atoms with Gasteiger partial charge in [-0.3, -0.25) is 14.9 Å². The topological polar surface area (TPSA) is 103 Å². The van der Waals surface area contributed by atoms with Gasteiger partial charge >= 0.3 is 0 Å². The molecule has 8 nitrogen and oxygen atoms in total. The molecule has 0 fully saturated rings. The zero-order valence-corrected chi connectivity index (χ0v) is 17.7. The third kappa shape index (κ3) is 5.44. The van der Waals surface area contributed by atoms with Gasteiger partial charge in [0.1, 0.15) is 6.33 Å². The molecule has 0 saturated carbocycles. The highest BCUT2D eigenvalue weighted by Gasteiger charge is 2.20. The fourth-order valence-corrected chi connectivity index (χ4v) is 3.74. The second-order valence-corrected chi connectivity index (χ2v) is 7.88. The van der Waals surface area contributed by atoms with Gasteiger partial charge in [0.2, 0.25) is 0 Å². The van der Waals surface area contributed by atoms with Gasteiger partial charge in [0, 0.05) is 24.4 Å². The summed E-state index contributed by atoms with van der Waals surface area (Å²) in [5, 5.41) is 22.6. The molecule has 0 bridgehead atoms. The lowest BCUT2D eigenvalue weighted by molar-refractivity contribution is -0.387. The van der Waals surface area contributed by atoms with Crippen LogP contribution in [-0.4, -0.2) is 25.6 Å². The van der Waals surface area contributed by atoms with Crippen molar-refractivity contribution in [2.75, 3.05) is 5.32 Å². The molecule has 0 aliphatic heterocycles. The van der Waals surface area contributed by atoms with Crippen LogP contribution in [0.15, 0.2) is 58.8 Å². The van der Waals surface area contributed by atoms with E-state index < -0.39 is 10.8 Å². The number of amides is 1. The zero-order valence-electron chi connectivity index (χ0n) is 16.9. The summed E-state index contributed by atoms with van der Waals surface area (Å²) >= 11 is 1.13. The predicted molar refractivity (Wildman–Crippen MR) is 116 cm³/mol. The molecule has 1 amide bonds. The van der Waals surface area contributed by atoms with Crippen molar-refractivity contribution in [2.45, 2.75) is 42.7 Å². The van der Waals surface area contributed by atoms with Crippen LogP contribution in [0.25, 0.3) is 0 Å². The molecule has 30 heavy (non-hydrogen) atoms. The third-order valence-electron chi connectivity index (χ3n) is 4.57. The van der Waals surface area contributed by atoms with E-state index in [2.05, 4.69) is 22.4 Å². The molecule has 0 saturated heterocycles. The average Bonchev–Trinajstić information content (AvgIpc) is 3.14. The molecule has 0 unspecified atom stereocenters. The van der Waals surface area contributed by atoms with Crippen LogP contribution in [0, 0.1) is 10.1 Å². The normalized spacial score (nSPS) is 10.7. The summed E-state index contributed by atoms with van der Waals surface area (Å²) in [6.45, 7) is 2.17. The van der Waals surface area contributed by atoms with Gasteiger partial charge in [0.05, 0.1) is 9.82 Å². The Balaban J connectivity index is 1.72. The number of rotatable bonds is 9. The Morgan fingerprint density at radius 1 is 1.20 bits per heavy atom. The van der Waals surface area contributed by atoms with E-state index in [0.717, 1.165) is 24.6 Å². The molecule has 3 aromatic rings. The first-order chi connectivity index (χ1) is 14.5. The fraction of sp³-hybridized carbons (Fsp3) is 0.286. The van der Waals surface area contributed by atoms with E-state index in [1.54, 1.807) is 23.7 Å². The van der Waals surface area contributed by atoms with Gasteiger partial charge in [0.15, 0.2) is 5.16 Å². The molecule has 0 aliphatic rings. The number of carbonyl (C=O) groups is 1. The van der Waals surface area contributed by atoms with E-state index in [1.807, 2.05) is 24.3 Å². The summed E-state index contributed by atoms with van der Waals surface area (Å²) in [5.41, 5.74) is 1.94. The van der Waals surface area contributed by atoms with Crippen molar-refractivity contribution in [3.8, 4) is 0 Å². The first-order valence-electron chi connectivity index (χ1n) is 9.68. The summed E-state index contributed by atoms with van der Waals surface area (Å²) < 4.78 is 1.67. The predicted octanol–water partition coefficient (Wildman–Crippen LogP) is 4.86. The molecule has 0 spiro atoms. The van der Waals surface area contributed by atoms with Crippen molar-refractivity contribution in [2.24, 2.45) is 7.05 Å². The Morgan fingerprint density at radius 3 is 2.60 bits per heavy atom. The monoisotopic (exact) mass is 425 g/mol. The minimum absolute atomic E-state index is 0.151. The molecular formula is C21H23N5O3S. The van der Waals surface area contributed by atoms with Gasteiger partial charge in [-0.1, -0.05) is 31.9 Å². The number of nitrogens with zero attached hydrogens (tertiary/aromatic N) is 4. The Morgan fingerprint density at radius 2 is 1.97 bits per heavy atom. The summed E-state index contributed by atoms with van der Waals surface area (Å²) in [4.78, 5) is 24.0. The molecule has 1 heterocycles. The standard InChI is InChI=1S/C21H23N5O3S/c1-3-4-5-6-15-7-10-17(11-8-15)23-20(27)16-9-12-19(18(13-16)26(28)29)30-21-24-22-14-25(21)2/h7-14H,3-6H2,1-2H3,(H,23,27). The van der Waals surface area contributed by atoms with E-state index in [0.29, 0.717) is 15.7 Å². The summed E-state index contributed by atoms with van der Waals surface area (Å²) in [6, 6.07) is 12.1. The van der Waals surface area contributed by atoms with Crippen molar-refractivity contribution < 1.29 is 9.72 Å². The number of benzene rings is 2. The molecular weight excluding hydrogens is 402 g/mol. The number of unbranched alkanes of at least 4 members (excludes halogenated alkanes) is 2. The molecule has 0 aliphatic carbocycles. The van der Waals surface area contributed by atoms with Crippen LogP contribution < -0.4 is 5.32 Å². The van der Waals surface area contributed by atoms with E-state index >= 15 is 0 Å². The third-order valence-corrected chi connectivity index (χ3v) is 5.69. The Labute approximate surface area is 178 Å². The number of carbonyl (C=O) groups excluding carboxylic acids is 1. The summed E-state index contributed by atoms with van der Waals surface area (Å²) in [7, 11) is 1.76. The van der Waals surface area contributed by atoms with Gasteiger partial charge in [-0.2, -0.15) is 0 Å². The molecule has 1 aromatic heterocycles. The minimum atomic E-state index is -0.499. The van der Waals surface area contributed by atoms with Crippen LogP contribution in [0.2, 0.25) is 0 Å². The molecule has 1 N–H and O–H groups in total. The highest BCUT2D eigenvalue weighted by molar-refractivity contribution is 7.99. The molecule has 3 rings (SSSR count). The van der Waals surface area contributed by atoms with Crippen molar-refractivity contribution >= 4 is 29.0 Å². The van der Waals surface area contributed by atoms with Gasteiger partial charge in [0.25, 0.3) is 11.6 Å². The quantitative estimate of drug-likeness (QED) is 0.298. The number of aromatic nitrogens is 3. The number of anilines is 1. The lowest BCUT2D eigenvalue weighted by Gasteiger charge is -2.08. The van der Waals surface area contributed by atoms with Crippen molar-refractivity contribution in [1.29, 1.82) is 0 Å². The van der Waals surface area contributed by atoms with Crippen LogP contribution in [0.4, 0.5) is 11.4 Å². The van der Waals surface area contributed by atoms with Crippen molar-refractivity contribution in [3.05, 3.63) is 70.0 Å². The average molecular weight is 426 g/mol. The number of nitro groups is 1. The van der Waals surface area contributed by atoms with Crippen LogP contribution in [0.5, 0.6) is 0 Å². The second-order valence-electron chi connectivity index (χ2n) is 6.87. The number of aryl methyl sites for hydroxylation is 2. The van der Waals surface area contributed by atoms with Gasteiger partial charge in [-0.15, -0.1) is 10.2 Å². The molecule has 156 valence electrons. The van der Waals surface area contributed by atoms with E-state index in [4.69, 9.17) is 0 Å². The highest BCUT2D eigenvalue weighted by atomic mass is 32.2. The maximum Gasteiger partial charge on any atom is 0.284 e. The number of hydrogen-bond donors (Lipinski definition) is 1. The number of nitro benzene ring substituents is 1. The summed E-state index contributed by atoms with van der Waals surface area (Å²) in [6.07, 6.45) is 6.05. The van der Waals surface area contributed by atoms with Gasteiger partial charge < -0.3 is 9.88 Å². The Bertz CT molecular complexity index is 1030. The largest absolute Gasteiger partial charge is 0.322 e. The van der Waals surface area contributed by atoms with Crippen LogP contribution in [0.3, 0.4) is 0 Å². The molecule has 9 heteroatoms. The van der Waals surface area contributed by atoms with Crippen LogP contribution in [-0.2, 0) is 13.5 Å². The van der Waals surface area contributed by atoms with Crippen LogP contribution >= 0.6 is 11.8 Å². The lowest BCUT2D eigenvalue weighted by Crippen LogP contribution is -2.12. The lowest BCUT2D eigenvalue weighted by atomic mass is 10.1. The van der Waals surface area contributed by atoms with E-state index in [-0.39, 0.29) is 11.3 Å². The van der Waals surface area contributed by atoms with Gasteiger partial charge in [-0.25, -0.2) is 0 Å². The maximum absolute atomic E-state index is 12.6. The smallest absolute Gasteiger partial charge is 0.284 e. The van der Waals surface area contributed by atoms with Crippen molar-refractivity contribution in [3.63, 3.8) is 0 Å². The highest BCUT2D eigenvalue weighted by Crippen LogP contribution is 2.34. The number of nitrogens with one attached hydrogen (secondary N) is 1. The van der Waals surface area contributed by atoms with Crippen molar-refractivity contribution in [1.82, 2.24) is 14.8 Å². The van der Waals surface area contributed by atoms with E-state index in [9.17, 15) is 14.9 Å². The number of hydrogen-bond acceptors (Lipinski definition) is 6. The molecule has 2 aromatic carbocycles. The Kier molecular flexibility index (Phi) is 7.18. The maximum atomic E-state index is 12.6. The molecule has 0 radical (unpaired) electrons. The van der Waals surface area contributed by atoms with Gasteiger partial charge in [-0.05, 0) is 54.4 Å².